The Balaban J connectivity index is 1.29. The van der Waals surface area contributed by atoms with Gasteiger partial charge in [0.05, 0.1) is 11.5 Å². The van der Waals surface area contributed by atoms with Gasteiger partial charge in [-0.25, -0.2) is 13.1 Å². The van der Waals surface area contributed by atoms with Gasteiger partial charge in [-0.15, -0.1) is 0 Å². The lowest BCUT2D eigenvalue weighted by atomic mass is 10.2. The Morgan fingerprint density at radius 2 is 1.73 bits per heavy atom. The average Bonchev–Trinajstić information content (AvgIpc) is 2.76. The lowest BCUT2D eigenvalue weighted by molar-refractivity contribution is -0.143. The van der Waals surface area contributed by atoms with Crippen LogP contribution >= 0.6 is 0 Å². The Morgan fingerprint density at radius 1 is 0.967 bits per heavy atom. The molecule has 0 radical (unpaired) electrons. The maximum absolute atomic E-state index is 12.4. The molecule has 0 saturated carbocycles. The second-order valence-corrected chi connectivity index (χ2v) is 8.74. The fourth-order valence-electron chi connectivity index (χ4n) is 3.05. The van der Waals surface area contributed by atoms with Gasteiger partial charge >= 0.3 is 5.97 Å². The highest BCUT2D eigenvalue weighted by Gasteiger charge is 2.18. The van der Waals surface area contributed by atoms with E-state index in [0.717, 1.165) is 12.0 Å². The number of hydrogen-bond donors (Lipinski definition) is 1. The summed E-state index contributed by atoms with van der Waals surface area (Å²) in [4.78, 5) is 11.9. The predicted molar refractivity (Wildman–Crippen MR) is 112 cm³/mol. The molecule has 3 rings (SSSR count). The summed E-state index contributed by atoms with van der Waals surface area (Å²) in [6.07, 6.45) is 3.08. The van der Waals surface area contributed by atoms with E-state index in [1.807, 2.05) is 30.3 Å². The maximum Gasteiger partial charge on any atom is 0.305 e. The first kappa shape index (κ1) is 22.1. The smallest absolute Gasteiger partial charge is 0.305 e. The number of ether oxygens (including phenoxy) is 3. The number of fused-ring (bicyclic) bond motifs is 1. The number of benzene rings is 2. The molecule has 0 fully saturated rings. The highest BCUT2D eigenvalue weighted by molar-refractivity contribution is 7.89. The van der Waals surface area contributed by atoms with Crippen molar-refractivity contribution in [1.29, 1.82) is 0 Å². The van der Waals surface area contributed by atoms with Crippen molar-refractivity contribution in [3.8, 4) is 11.5 Å². The van der Waals surface area contributed by atoms with Crippen molar-refractivity contribution in [2.75, 3.05) is 26.4 Å². The molecule has 1 heterocycles. The number of esters is 1. The molecule has 162 valence electrons. The first-order valence-electron chi connectivity index (χ1n) is 10.1. The minimum absolute atomic E-state index is 0.147. The van der Waals surface area contributed by atoms with Gasteiger partial charge in [0.2, 0.25) is 10.0 Å². The maximum atomic E-state index is 12.4. The largest absolute Gasteiger partial charge is 0.486 e. The van der Waals surface area contributed by atoms with Crippen molar-refractivity contribution >= 4 is 16.0 Å². The van der Waals surface area contributed by atoms with E-state index in [2.05, 4.69) is 4.72 Å². The summed E-state index contributed by atoms with van der Waals surface area (Å²) in [5, 5.41) is 0. The number of hydrogen-bond acceptors (Lipinski definition) is 6. The Bertz CT molecular complexity index is 930. The van der Waals surface area contributed by atoms with Crippen LogP contribution in [0.1, 0.15) is 31.2 Å². The molecular formula is C22H27NO6S. The summed E-state index contributed by atoms with van der Waals surface area (Å²) in [6, 6.07) is 14.4. The molecule has 30 heavy (non-hydrogen) atoms. The van der Waals surface area contributed by atoms with Gasteiger partial charge < -0.3 is 14.2 Å². The molecule has 1 N–H and O–H groups in total. The minimum Gasteiger partial charge on any atom is -0.486 e. The Labute approximate surface area is 177 Å². The summed E-state index contributed by atoms with van der Waals surface area (Å²) < 4.78 is 43.5. The number of carbonyl (C=O) groups excluding carboxylic acids is 1. The van der Waals surface area contributed by atoms with Gasteiger partial charge in [-0.05, 0) is 30.5 Å². The monoisotopic (exact) mass is 433 g/mol. The Kier molecular flexibility index (Phi) is 8.10. The van der Waals surface area contributed by atoms with Crippen LogP contribution in [0.5, 0.6) is 11.5 Å². The average molecular weight is 434 g/mol. The molecule has 0 spiro atoms. The Hall–Kier alpha value is -2.58. The van der Waals surface area contributed by atoms with E-state index in [1.54, 1.807) is 6.07 Å². The molecule has 8 heteroatoms. The van der Waals surface area contributed by atoms with E-state index in [0.29, 0.717) is 63.5 Å². The van der Waals surface area contributed by atoms with Crippen LogP contribution in [0.2, 0.25) is 0 Å². The van der Waals surface area contributed by atoms with Gasteiger partial charge in [-0.1, -0.05) is 36.8 Å². The molecule has 0 bridgehead atoms. The molecule has 2 aromatic carbocycles. The normalized spacial score (nSPS) is 13.1. The second kappa shape index (κ2) is 11.0. The van der Waals surface area contributed by atoms with Gasteiger partial charge in [0.15, 0.2) is 11.5 Å². The first-order valence-corrected chi connectivity index (χ1v) is 11.6. The summed E-state index contributed by atoms with van der Waals surface area (Å²) in [5.74, 6) is 0.772. The number of sulfonamides is 1. The van der Waals surface area contributed by atoms with Gasteiger partial charge in [-0.2, -0.15) is 0 Å². The molecule has 0 atom stereocenters. The number of nitrogens with one attached hydrogen (secondary N) is 1. The topological polar surface area (TPSA) is 90.9 Å². The van der Waals surface area contributed by atoms with Gasteiger partial charge in [0.1, 0.15) is 13.2 Å². The zero-order valence-corrected chi connectivity index (χ0v) is 17.7. The molecule has 1 aliphatic rings. The summed E-state index contributed by atoms with van der Waals surface area (Å²) >= 11 is 0. The zero-order valence-electron chi connectivity index (χ0n) is 16.8. The lowest BCUT2D eigenvalue weighted by Crippen LogP contribution is -2.25. The molecule has 0 amide bonds. The fourth-order valence-corrected chi connectivity index (χ4v) is 4.14. The molecular weight excluding hydrogens is 406 g/mol. The van der Waals surface area contributed by atoms with Gasteiger partial charge in [-0.3, -0.25) is 4.79 Å². The van der Waals surface area contributed by atoms with Gasteiger partial charge in [0, 0.05) is 25.5 Å². The van der Waals surface area contributed by atoms with E-state index >= 15 is 0 Å². The quantitative estimate of drug-likeness (QED) is 0.433. The number of unbranched alkanes of at least 4 members (excludes halogenated alkanes) is 2. The zero-order chi connectivity index (χ0) is 21.2. The highest BCUT2D eigenvalue weighted by Crippen LogP contribution is 2.32. The minimum atomic E-state index is -3.61. The van der Waals surface area contributed by atoms with Crippen LogP contribution < -0.4 is 14.2 Å². The summed E-state index contributed by atoms with van der Waals surface area (Å²) in [6.45, 7) is 1.54. The van der Waals surface area contributed by atoms with Crippen molar-refractivity contribution in [1.82, 2.24) is 4.72 Å². The first-order chi connectivity index (χ1) is 14.5. The van der Waals surface area contributed by atoms with E-state index in [-0.39, 0.29) is 10.9 Å². The van der Waals surface area contributed by atoms with Crippen molar-refractivity contribution in [3.63, 3.8) is 0 Å². The van der Waals surface area contributed by atoms with E-state index in [1.165, 1.54) is 12.1 Å². The number of carbonyl (C=O) groups is 1. The SMILES string of the molecule is O=C(CCCCCNS(=O)(=O)c1ccc2c(c1)OCCO2)OCCc1ccccc1. The Morgan fingerprint density at radius 3 is 2.53 bits per heavy atom. The molecule has 1 aliphatic heterocycles. The second-order valence-electron chi connectivity index (χ2n) is 6.97. The van der Waals surface area contributed by atoms with Gasteiger partial charge in [0.25, 0.3) is 0 Å². The molecule has 0 aliphatic carbocycles. The van der Waals surface area contributed by atoms with Crippen LogP contribution in [0.4, 0.5) is 0 Å². The standard InChI is InChI=1S/C22H27NO6S/c24-22(29-14-12-18-7-3-1-4-8-18)9-5-2-6-13-23-30(25,26)19-10-11-20-21(17-19)28-16-15-27-20/h1,3-4,7-8,10-11,17,23H,2,5-6,9,12-16H2. The lowest BCUT2D eigenvalue weighted by Gasteiger charge is -2.18. The van der Waals surface area contributed by atoms with Crippen LogP contribution in [0.15, 0.2) is 53.4 Å². The molecule has 2 aromatic rings. The van der Waals surface area contributed by atoms with Crippen LogP contribution in [-0.4, -0.2) is 40.8 Å². The highest BCUT2D eigenvalue weighted by atomic mass is 32.2. The summed E-state index contributed by atoms with van der Waals surface area (Å²) in [7, 11) is -3.61. The molecule has 0 unspecified atom stereocenters. The fraction of sp³-hybridized carbons (Fsp3) is 0.409. The predicted octanol–water partition coefficient (Wildman–Crippen LogP) is 3.08. The van der Waals surface area contributed by atoms with Crippen molar-refractivity contribution in [3.05, 3.63) is 54.1 Å². The third-order valence-electron chi connectivity index (χ3n) is 4.67. The molecule has 0 saturated heterocycles. The third-order valence-corrected chi connectivity index (χ3v) is 6.13. The molecule has 7 nitrogen and oxygen atoms in total. The van der Waals surface area contributed by atoms with E-state index in [9.17, 15) is 13.2 Å². The van der Waals surface area contributed by atoms with Crippen molar-refractivity contribution in [2.24, 2.45) is 0 Å². The van der Waals surface area contributed by atoms with E-state index in [4.69, 9.17) is 14.2 Å². The van der Waals surface area contributed by atoms with Crippen molar-refractivity contribution in [2.45, 2.75) is 37.0 Å². The number of rotatable bonds is 11. The van der Waals surface area contributed by atoms with Crippen LogP contribution in [0, 0.1) is 0 Å². The van der Waals surface area contributed by atoms with E-state index < -0.39 is 10.0 Å². The van der Waals surface area contributed by atoms with Crippen molar-refractivity contribution < 1.29 is 27.4 Å². The summed E-state index contributed by atoms with van der Waals surface area (Å²) in [5.41, 5.74) is 1.13. The van der Waals surface area contributed by atoms with Crippen LogP contribution in [0.25, 0.3) is 0 Å². The third kappa shape index (κ3) is 6.74. The van der Waals surface area contributed by atoms with Crippen LogP contribution in [-0.2, 0) is 26.0 Å². The molecule has 0 aromatic heterocycles. The van der Waals surface area contributed by atoms with Crippen LogP contribution in [0.3, 0.4) is 0 Å².